The van der Waals surface area contributed by atoms with Crippen LogP contribution in [-0.2, 0) is 5.41 Å². The first-order valence-electron chi connectivity index (χ1n) is 12.3. The number of benzene rings is 2. The highest BCUT2D eigenvalue weighted by atomic mass is 35.5. The smallest absolute Gasteiger partial charge is 0.320 e. The predicted octanol–water partition coefficient (Wildman–Crippen LogP) is 6.04. The van der Waals surface area contributed by atoms with Gasteiger partial charge in [0.1, 0.15) is 5.82 Å². The summed E-state index contributed by atoms with van der Waals surface area (Å²) in [4.78, 5) is 16.8. The molecule has 3 aliphatic rings. The Morgan fingerprint density at radius 1 is 1.25 bits per heavy atom. The van der Waals surface area contributed by atoms with Crippen LogP contribution in [-0.4, -0.2) is 54.0 Å². The largest absolute Gasteiger partial charge is 0.322 e. The lowest BCUT2D eigenvalue weighted by atomic mass is 9.80. The molecule has 3 fully saturated rings. The van der Waals surface area contributed by atoms with E-state index in [9.17, 15) is 23.2 Å². The Morgan fingerprint density at radius 2 is 2.08 bits per heavy atom. The zero-order chi connectivity index (χ0) is 25.5. The summed E-state index contributed by atoms with van der Waals surface area (Å²) in [7, 11) is 0. The summed E-state index contributed by atoms with van der Waals surface area (Å²) in [5.74, 6) is -2.86. The summed E-state index contributed by atoms with van der Waals surface area (Å²) in [6.45, 7) is 0.707. The zero-order valence-electron chi connectivity index (χ0n) is 19.8. The van der Waals surface area contributed by atoms with Gasteiger partial charge >= 0.3 is 6.03 Å². The normalized spacial score (nSPS) is 26.6. The van der Waals surface area contributed by atoms with Crippen LogP contribution in [0, 0.1) is 23.1 Å². The van der Waals surface area contributed by atoms with Crippen LogP contribution >= 0.6 is 11.6 Å². The zero-order valence-corrected chi connectivity index (χ0v) is 20.6. The number of hydrogen-bond acceptors (Lipinski definition) is 3. The highest BCUT2D eigenvalue weighted by Gasteiger charge is 2.58. The molecule has 0 spiro atoms. The molecule has 1 heterocycles. The van der Waals surface area contributed by atoms with Gasteiger partial charge in [0.2, 0.25) is 0 Å². The van der Waals surface area contributed by atoms with Gasteiger partial charge in [-0.15, -0.1) is 0 Å². The van der Waals surface area contributed by atoms with E-state index < -0.39 is 11.7 Å². The van der Waals surface area contributed by atoms with E-state index in [1.807, 2.05) is 12.1 Å². The molecule has 0 bridgehead atoms. The molecule has 36 heavy (non-hydrogen) atoms. The first-order chi connectivity index (χ1) is 17.2. The summed E-state index contributed by atoms with van der Waals surface area (Å²) in [5.41, 5.74) is 2.26. The van der Waals surface area contributed by atoms with Gasteiger partial charge in [0.25, 0.3) is 5.92 Å². The molecule has 2 aromatic carbocycles. The molecule has 5 rings (SSSR count). The number of fused-ring (bicyclic) bond motifs is 1. The van der Waals surface area contributed by atoms with Crippen molar-refractivity contribution in [2.45, 2.75) is 49.5 Å². The fraction of sp³-hybridized carbons (Fsp3) is 0.481. The molecule has 1 aliphatic heterocycles. The average molecular weight is 517 g/mol. The number of carbonyl (C=O) groups excluding carboxylic acids is 1. The maximum atomic E-state index is 13.7. The third-order valence-corrected chi connectivity index (χ3v) is 8.35. The number of nitrogens with one attached hydrogen (secondary N) is 1. The molecular weight excluding hydrogens is 489 g/mol. The molecule has 190 valence electrons. The van der Waals surface area contributed by atoms with Crippen molar-refractivity contribution >= 4 is 23.3 Å². The van der Waals surface area contributed by atoms with Crippen LogP contribution < -0.4 is 5.32 Å². The van der Waals surface area contributed by atoms with E-state index in [0.717, 1.165) is 25.7 Å². The minimum atomic E-state index is -2.69. The van der Waals surface area contributed by atoms with E-state index >= 15 is 0 Å². The molecule has 1 unspecified atom stereocenters. The SMILES string of the molecule is N#Cc1cccc([C@]23CC[C@@H](N(CCN4CCC(F)(F)C4)C(=O)Nc4ccc(F)c(Cl)c4)CC2C3)c1. The van der Waals surface area contributed by atoms with Gasteiger partial charge in [-0.25, -0.2) is 18.0 Å². The second kappa shape index (κ2) is 9.60. The predicted molar refractivity (Wildman–Crippen MR) is 132 cm³/mol. The average Bonchev–Trinajstić information content (AvgIpc) is 3.50. The van der Waals surface area contributed by atoms with Crippen molar-refractivity contribution in [3.8, 4) is 6.07 Å². The molecule has 5 nitrogen and oxygen atoms in total. The number of urea groups is 1. The number of rotatable bonds is 6. The second-order valence-corrected chi connectivity index (χ2v) is 10.7. The monoisotopic (exact) mass is 516 g/mol. The molecule has 2 saturated carbocycles. The number of anilines is 1. The Balaban J connectivity index is 1.30. The van der Waals surface area contributed by atoms with Crippen molar-refractivity contribution in [3.05, 3.63) is 64.4 Å². The Hall–Kier alpha value is -2.76. The molecule has 2 aliphatic carbocycles. The van der Waals surface area contributed by atoms with Crippen LogP contribution in [0.1, 0.15) is 43.2 Å². The second-order valence-electron chi connectivity index (χ2n) is 10.3. The van der Waals surface area contributed by atoms with E-state index in [4.69, 9.17) is 11.6 Å². The summed E-state index contributed by atoms with van der Waals surface area (Å²) < 4.78 is 41.0. The van der Waals surface area contributed by atoms with Crippen molar-refractivity contribution < 1.29 is 18.0 Å². The van der Waals surface area contributed by atoms with Gasteiger partial charge in [-0.2, -0.15) is 5.26 Å². The molecule has 2 amide bonds. The van der Waals surface area contributed by atoms with E-state index in [1.165, 1.54) is 23.8 Å². The van der Waals surface area contributed by atoms with Gasteiger partial charge < -0.3 is 10.2 Å². The third-order valence-electron chi connectivity index (χ3n) is 8.06. The molecule has 1 saturated heterocycles. The van der Waals surface area contributed by atoms with Crippen molar-refractivity contribution in [2.24, 2.45) is 5.92 Å². The fourth-order valence-corrected chi connectivity index (χ4v) is 6.19. The maximum absolute atomic E-state index is 13.7. The number of nitrogens with zero attached hydrogens (tertiary/aromatic N) is 3. The lowest BCUT2D eigenvalue weighted by molar-refractivity contribution is 0.0114. The van der Waals surface area contributed by atoms with Crippen molar-refractivity contribution in [1.29, 1.82) is 5.26 Å². The van der Waals surface area contributed by atoms with Crippen LogP contribution in [0.2, 0.25) is 5.02 Å². The molecule has 0 radical (unpaired) electrons. The minimum absolute atomic E-state index is 0.0381. The van der Waals surface area contributed by atoms with E-state index in [2.05, 4.69) is 17.5 Å². The summed E-state index contributed by atoms with van der Waals surface area (Å²) >= 11 is 5.88. The van der Waals surface area contributed by atoms with E-state index in [-0.39, 0.29) is 35.5 Å². The Bertz CT molecular complexity index is 1200. The molecule has 1 N–H and O–H groups in total. The first kappa shape index (κ1) is 24.9. The summed E-state index contributed by atoms with van der Waals surface area (Å²) in [5, 5.41) is 12.0. The lowest BCUT2D eigenvalue weighted by Crippen LogP contribution is -2.48. The van der Waals surface area contributed by atoms with E-state index in [1.54, 1.807) is 15.9 Å². The van der Waals surface area contributed by atoms with Gasteiger partial charge in [0, 0.05) is 37.8 Å². The molecule has 0 aromatic heterocycles. The molecule has 9 heteroatoms. The molecule has 3 atom stereocenters. The van der Waals surface area contributed by atoms with Crippen molar-refractivity contribution in [3.63, 3.8) is 0 Å². The van der Waals surface area contributed by atoms with Gasteiger partial charge in [0.15, 0.2) is 0 Å². The van der Waals surface area contributed by atoms with Crippen LogP contribution in [0.15, 0.2) is 42.5 Å². The first-order valence-corrected chi connectivity index (χ1v) is 12.7. The highest BCUT2D eigenvalue weighted by molar-refractivity contribution is 6.31. The fourth-order valence-electron chi connectivity index (χ4n) is 6.01. The molecule has 2 aromatic rings. The van der Waals surface area contributed by atoms with Crippen molar-refractivity contribution in [1.82, 2.24) is 9.80 Å². The van der Waals surface area contributed by atoms with Gasteiger partial charge in [0.05, 0.1) is 23.2 Å². The number of likely N-dealkylation sites (tertiary alicyclic amines) is 1. The standard InChI is InChI=1S/C27H28ClF3N4O/c28-23-14-21(4-5-24(23)29)33-25(36)35(11-10-34-9-8-27(30,31)17-34)22-6-7-26(15-20(26)13-22)19-3-1-2-18(12-19)16-32/h1-5,12,14,20,22H,6-11,13,15,17H2,(H,33,36)/t20?,22-,26-/m1/s1. The number of amides is 2. The van der Waals surface area contributed by atoms with Crippen LogP contribution in [0.4, 0.5) is 23.7 Å². The molecular formula is C27H28ClF3N4O. The van der Waals surface area contributed by atoms with Crippen LogP contribution in [0.5, 0.6) is 0 Å². The minimum Gasteiger partial charge on any atom is -0.320 e. The lowest BCUT2D eigenvalue weighted by Gasteiger charge is -2.37. The Labute approximate surface area is 213 Å². The topological polar surface area (TPSA) is 59.4 Å². The number of halogens is 4. The number of carbonyl (C=O) groups is 1. The van der Waals surface area contributed by atoms with Gasteiger partial charge in [-0.3, -0.25) is 4.90 Å². The number of alkyl halides is 2. The van der Waals surface area contributed by atoms with E-state index in [0.29, 0.717) is 36.8 Å². The Kier molecular flexibility index (Phi) is 6.65. The highest BCUT2D eigenvalue weighted by Crippen LogP contribution is 2.62. The Morgan fingerprint density at radius 3 is 2.78 bits per heavy atom. The maximum Gasteiger partial charge on any atom is 0.322 e. The number of hydrogen-bond donors (Lipinski definition) is 1. The number of nitriles is 1. The van der Waals surface area contributed by atoms with Gasteiger partial charge in [-0.05, 0) is 72.9 Å². The van der Waals surface area contributed by atoms with Crippen molar-refractivity contribution in [2.75, 3.05) is 31.5 Å². The summed E-state index contributed by atoms with van der Waals surface area (Å²) in [6, 6.07) is 13.6. The van der Waals surface area contributed by atoms with Crippen LogP contribution in [0.25, 0.3) is 0 Å². The third kappa shape index (κ3) is 5.05. The quantitative estimate of drug-likeness (QED) is 0.509. The van der Waals surface area contributed by atoms with Crippen LogP contribution in [0.3, 0.4) is 0 Å². The summed E-state index contributed by atoms with van der Waals surface area (Å²) in [6.07, 6.45) is 3.33. The van der Waals surface area contributed by atoms with Gasteiger partial charge in [-0.1, -0.05) is 23.7 Å².